The summed E-state index contributed by atoms with van der Waals surface area (Å²) in [6.45, 7) is 1.62. The van der Waals surface area contributed by atoms with Crippen molar-refractivity contribution in [2.75, 3.05) is 31.8 Å². The maximum absolute atomic E-state index is 14.5. The van der Waals surface area contributed by atoms with Crippen molar-refractivity contribution in [2.24, 2.45) is 0 Å². The second kappa shape index (κ2) is 8.47. The highest BCUT2D eigenvalue weighted by Crippen LogP contribution is 2.36. The summed E-state index contributed by atoms with van der Waals surface area (Å²) in [6.07, 6.45) is 3.16. The number of amides is 1. The number of methoxy groups -OCH3 is 1. The Morgan fingerprint density at radius 3 is 3.00 bits per heavy atom. The number of rotatable bonds is 6. The summed E-state index contributed by atoms with van der Waals surface area (Å²) in [7, 11) is 1.58. The Labute approximate surface area is 167 Å². The van der Waals surface area contributed by atoms with Gasteiger partial charge in [0.15, 0.2) is 0 Å². The van der Waals surface area contributed by atoms with E-state index in [-0.39, 0.29) is 30.5 Å². The first-order valence-corrected chi connectivity index (χ1v) is 11.3. The predicted octanol–water partition coefficient (Wildman–Crippen LogP) is 4.31. The quantitative estimate of drug-likeness (QED) is 0.713. The summed E-state index contributed by atoms with van der Waals surface area (Å²) in [5.41, 5.74) is 0.670. The van der Waals surface area contributed by atoms with Gasteiger partial charge in [-0.2, -0.15) is 11.8 Å². The van der Waals surface area contributed by atoms with Crippen LogP contribution >= 0.6 is 23.1 Å². The molecule has 0 spiro atoms. The molecule has 2 fully saturated rings. The Morgan fingerprint density at radius 1 is 1.41 bits per heavy atom. The van der Waals surface area contributed by atoms with Crippen LogP contribution in [0.5, 0.6) is 0 Å². The lowest BCUT2D eigenvalue weighted by molar-refractivity contribution is 0.0443. The summed E-state index contributed by atoms with van der Waals surface area (Å²) in [6, 6.07) is 5.23. The van der Waals surface area contributed by atoms with Crippen LogP contribution in [0.2, 0.25) is 0 Å². The number of ether oxygens (including phenoxy) is 2. The van der Waals surface area contributed by atoms with Gasteiger partial charge in [-0.25, -0.2) is 4.39 Å². The van der Waals surface area contributed by atoms with Gasteiger partial charge in [-0.05, 0) is 37.1 Å². The minimum Gasteiger partial charge on any atom is -0.380 e. The van der Waals surface area contributed by atoms with Gasteiger partial charge in [-0.15, -0.1) is 11.3 Å². The number of carbonyl (C=O) groups is 1. The molecule has 146 valence electrons. The van der Waals surface area contributed by atoms with Crippen LogP contribution in [0.4, 0.5) is 4.39 Å². The van der Waals surface area contributed by atoms with Crippen LogP contribution < -0.4 is 0 Å². The average molecular weight is 410 g/mol. The molecule has 0 bridgehead atoms. The van der Waals surface area contributed by atoms with Crippen molar-refractivity contribution < 1.29 is 18.7 Å². The highest BCUT2D eigenvalue weighted by atomic mass is 32.2. The van der Waals surface area contributed by atoms with Crippen LogP contribution in [0.15, 0.2) is 18.2 Å². The zero-order valence-corrected chi connectivity index (χ0v) is 17.0. The van der Waals surface area contributed by atoms with E-state index in [0.29, 0.717) is 22.4 Å². The largest absolute Gasteiger partial charge is 0.380 e. The number of halogens is 1. The van der Waals surface area contributed by atoms with E-state index in [4.69, 9.17) is 9.47 Å². The van der Waals surface area contributed by atoms with Crippen LogP contribution in [-0.2, 0) is 16.1 Å². The Bertz CT molecular complexity index is 813. The molecule has 0 aliphatic carbocycles. The minimum atomic E-state index is -0.294. The molecule has 0 saturated carbocycles. The van der Waals surface area contributed by atoms with Gasteiger partial charge >= 0.3 is 0 Å². The molecule has 2 atom stereocenters. The maximum atomic E-state index is 14.5. The number of fused-ring (bicyclic) bond motifs is 1. The smallest absolute Gasteiger partial charge is 0.264 e. The molecular weight excluding hydrogens is 385 g/mol. The van der Waals surface area contributed by atoms with E-state index in [1.807, 2.05) is 22.7 Å². The van der Waals surface area contributed by atoms with E-state index >= 15 is 0 Å². The van der Waals surface area contributed by atoms with Gasteiger partial charge in [0.25, 0.3) is 5.91 Å². The second-order valence-electron chi connectivity index (χ2n) is 7.07. The fraction of sp³-hybridized carbons (Fsp3) is 0.550. The van der Waals surface area contributed by atoms with Gasteiger partial charge in [0, 0.05) is 47.7 Å². The van der Waals surface area contributed by atoms with Gasteiger partial charge in [-0.1, -0.05) is 6.07 Å². The zero-order valence-electron chi connectivity index (χ0n) is 15.4. The number of nitrogens with zero attached hydrogens (tertiary/aromatic N) is 1. The molecule has 1 aromatic carbocycles. The van der Waals surface area contributed by atoms with Gasteiger partial charge < -0.3 is 14.4 Å². The van der Waals surface area contributed by atoms with E-state index in [2.05, 4.69) is 0 Å². The Kier molecular flexibility index (Phi) is 6.02. The summed E-state index contributed by atoms with van der Waals surface area (Å²) in [5.74, 6) is 1.73. The average Bonchev–Trinajstić information content (AvgIpc) is 3.41. The zero-order chi connectivity index (χ0) is 18.8. The highest BCUT2D eigenvalue weighted by Gasteiger charge is 2.33. The minimum absolute atomic E-state index is 0.00866. The monoisotopic (exact) mass is 409 g/mol. The van der Waals surface area contributed by atoms with Gasteiger partial charge in [0.1, 0.15) is 5.82 Å². The lowest BCUT2D eigenvalue weighted by Crippen LogP contribution is -2.44. The molecule has 0 radical (unpaired) electrons. The van der Waals surface area contributed by atoms with E-state index in [1.165, 1.54) is 17.4 Å². The van der Waals surface area contributed by atoms with Crippen LogP contribution in [-0.4, -0.2) is 54.7 Å². The standard InChI is InChI=1S/C20H24FNO3S2/c1-24-11-15-18-16(21)5-2-6-17(18)27-19(15)20(23)22(13-7-9-26-12-13)10-14-4-3-8-25-14/h2,5-6,13-14H,3-4,7-12H2,1H3. The third kappa shape index (κ3) is 3.88. The fourth-order valence-corrected chi connectivity index (χ4v) is 6.33. The topological polar surface area (TPSA) is 38.8 Å². The molecule has 4 nitrogen and oxygen atoms in total. The molecule has 0 N–H and O–H groups in total. The van der Waals surface area contributed by atoms with Crippen molar-refractivity contribution in [1.29, 1.82) is 0 Å². The third-order valence-corrected chi connectivity index (χ3v) is 7.61. The molecule has 2 unspecified atom stereocenters. The molecule has 27 heavy (non-hydrogen) atoms. The summed E-state index contributed by atoms with van der Waals surface area (Å²) < 4.78 is 26.4. The normalized spacial score (nSPS) is 22.6. The Morgan fingerprint density at radius 2 is 2.30 bits per heavy atom. The number of thiophene rings is 1. The maximum Gasteiger partial charge on any atom is 0.264 e. The first kappa shape index (κ1) is 19.2. The van der Waals surface area contributed by atoms with Crippen molar-refractivity contribution in [3.05, 3.63) is 34.5 Å². The first-order chi connectivity index (χ1) is 13.2. The SMILES string of the molecule is COCc1c(C(=O)N(CC2CCCO2)C2CCSC2)sc2cccc(F)c12. The van der Waals surface area contributed by atoms with E-state index < -0.39 is 0 Å². The van der Waals surface area contributed by atoms with Gasteiger partial charge in [0.2, 0.25) is 0 Å². The third-order valence-electron chi connectivity index (χ3n) is 5.28. The van der Waals surface area contributed by atoms with Crippen LogP contribution in [0.25, 0.3) is 10.1 Å². The fourth-order valence-electron chi connectivity index (χ4n) is 3.93. The first-order valence-electron chi connectivity index (χ1n) is 9.38. The highest BCUT2D eigenvalue weighted by molar-refractivity contribution is 7.99. The molecule has 2 saturated heterocycles. The van der Waals surface area contributed by atoms with Crippen molar-refractivity contribution in [3.8, 4) is 0 Å². The van der Waals surface area contributed by atoms with Crippen molar-refractivity contribution in [3.63, 3.8) is 0 Å². The van der Waals surface area contributed by atoms with Crippen molar-refractivity contribution in [1.82, 2.24) is 4.90 Å². The molecule has 2 aliphatic heterocycles. The molecule has 4 rings (SSSR count). The summed E-state index contributed by atoms with van der Waals surface area (Å²) >= 11 is 3.26. The number of hydrogen-bond donors (Lipinski definition) is 0. The molecule has 2 aliphatic rings. The van der Waals surface area contributed by atoms with E-state index in [0.717, 1.165) is 42.1 Å². The van der Waals surface area contributed by atoms with Crippen LogP contribution in [0.3, 0.4) is 0 Å². The predicted molar refractivity (Wildman–Crippen MR) is 108 cm³/mol. The molecule has 2 aromatic rings. The lowest BCUT2D eigenvalue weighted by Gasteiger charge is -2.30. The molecule has 1 aromatic heterocycles. The number of benzene rings is 1. The number of thioether (sulfide) groups is 1. The molecule has 1 amide bonds. The molecule has 7 heteroatoms. The number of carbonyl (C=O) groups excluding carboxylic acids is 1. The van der Waals surface area contributed by atoms with Gasteiger partial charge in [-0.3, -0.25) is 4.79 Å². The van der Waals surface area contributed by atoms with Crippen LogP contribution in [0, 0.1) is 5.82 Å². The van der Waals surface area contributed by atoms with E-state index in [1.54, 1.807) is 13.2 Å². The van der Waals surface area contributed by atoms with Crippen LogP contribution in [0.1, 0.15) is 34.5 Å². The molecular formula is C20H24FNO3S2. The Balaban J connectivity index is 1.71. The lowest BCUT2D eigenvalue weighted by atomic mass is 10.1. The van der Waals surface area contributed by atoms with Crippen molar-refractivity contribution in [2.45, 2.75) is 38.0 Å². The van der Waals surface area contributed by atoms with E-state index in [9.17, 15) is 9.18 Å². The summed E-state index contributed by atoms with van der Waals surface area (Å²) in [4.78, 5) is 16.2. The number of hydrogen-bond acceptors (Lipinski definition) is 5. The summed E-state index contributed by atoms with van der Waals surface area (Å²) in [5, 5.41) is 0.519. The van der Waals surface area contributed by atoms with Gasteiger partial charge in [0.05, 0.1) is 17.6 Å². The Hall–Kier alpha value is -1.15. The second-order valence-corrected chi connectivity index (χ2v) is 9.27. The van der Waals surface area contributed by atoms with Crippen molar-refractivity contribution >= 4 is 39.1 Å². The molecule has 3 heterocycles.